The van der Waals surface area contributed by atoms with E-state index < -0.39 is 0 Å². The van der Waals surface area contributed by atoms with Crippen LogP contribution in [0.25, 0.3) is 27.0 Å². The number of hydrogen-bond donors (Lipinski definition) is 0. The minimum absolute atomic E-state index is 0.626. The molecule has 122 valence electrons. The molecule has 0 saturated carbocycles. The van der Waals surface area contributed by atoms with Crippen molar-refractivity contribution in [3.05, 3.63) is 59.7 Å². The Balaban J connectivity index is 2.28. The lowest BCUT2D eigenvalue weighted by atomic mass is 10.0. The highest BCUT2D eigenvalue weighted by Gasteiger charge is 2.17. The van der Waals surface area contributed by atoms with Crippen LogP contribution in [0.2, 0.25) is 0 Å². The molecule has 0 bridgehead atoms. The first-order valence-electron chi connectivity index (χ1n) is 7.40. The van der Waals surface area contributed by atoms with Crippen molar-refractivity contribution in [2.45, 2.75) is 0 Å². The molecule has 0 radical (unpaired) electrons. The molecule has 1 aromatic heterocycles. The normalized spacial score (nSPS) is 10.3. The second-order valence-corrected chi connectivity index (χ2v) is 6.02. The number of methoxy groups -OCH3 is 3. The third-order valence-corrected chi connectivity index (χ3v) is 4.86. The second-order valence-electron chi connectivity index (χ2n) is 5.11. The molecule has 0 fully saturated rings. The molecule has 3 nitrogen and oxygen atoms in total. The molecule has 0 aliphatic heterocycles. The maximum absolute atomic E-state index is 5.55. The molecule has 3 aromatic rings. The van der Waals surface area contributed by atoms with E-state index in [1.165, 1.54) is 4.70 Å². The summed E-state index contributed by atoms with van der Waals surface area (Å²) in [5, 5.41) is 3.24. The lowest BCUT2D eigenvalue weighted by molar-refractivity contribution is 0.371. The van der Waals surface area contributed by atoms with Crippen molar-refractivity contribution in [3.8, 4) is 22.6 Å². The molecule has 1 heterocycles. The van der Waals surface area contributed by atoms with Gasteiger partial charge in [0.1, 0.15) is 11.5 Å². The summed E-state index contributed by atoms with van der Waals surface area (Å²) in [6, 6.07) is 12.0. The van der Waals surface area contributed by atoms with Crippen molar-refractivity contribution < 1.29 is 14.2 Å². The van der Waals surface area contributed by atoms with Gasteiger partial charge in [0, 0.05) is 26.6 Å². The Morgan fingerprint density at radius 3 is 2.33 bits per heavy atom. The first-order valence-corrected chi connectivity index (χ1v) is 8.28. The molecule has 3 rings (SSSR count). The fraction of sp³-hybridized carbons (Fsp3) is 0.150. The molecule has 2 aromatic carbocycles. The highest BCUT2D eigenvalue weighted by molar-refractivity contribution is 7.17. The van der Waals surface area contributed by atoms with E-state index >= 15 is 0 Å². The summed E-state index contributed by atoms with van der Waals surface area (Å²) < 4.78 is 17.6. The van der Waals surface area contributed by atoms with E-state index in [9.17, 15) is 0 Å². The van der Waals surface area contributed by atoms with Gasteiger partial charge in [-0.25, -0.2) is 0 Å². The number of fused-ring (bicyclic) bond motifs is 1. The molecule has 0 unspecified atom stereocenters. The Hall–Kier alpha value is -2.68. The van der Waals surface area contributed by atoms with Gasteiger partial charge < -0.3 is 14.2 Å². The second kappa shape index (κ2) is 6.83. The zero-order valence-corrected chi connectivity index (χ0v) is 14.7. The zero-order valence-electron chi connectivity index (χ0n) is 13.9. The van der Waals surface area contributed by atoms with Gasteiger partial charge in [-0.15, -0.1) is 11.3 Å². The molecule has 0 amide bonds. The maximum Gasteiger partial charge on any atom is 0.168 e. The largest absolute Gasteiger partial charge is 0.496 e. The van der Waals surface area contributed by atoms with Crippen molar-refractivity contribution in [2.24, 2.45) is 0 Å². The van der Waals surface area contributed by atoms with Gasteiger partial charge in [0.05, 0.1) is 26.9 Å². The van der Waals surface area contributed by atoms with Crippen LogP contribution in [-0.2, 0) is 4.74 Å². The summed E-state index contributed by atoms with van der Waals surface area (Å²) in [6.07, 6.45) is 0. The average Bonchev–Trinajstić information content (AvgIpc) is 3.05. The number of rotatable bonds is 5. The number of ether oxygens (including phenoxy) is 3. The van der Waals surface area contributed by atoms with Crippen LogP contribution in [0, 0.1) is 0 Å². The molecule has 0 N–H and O–H groups in total. The lowest BCUT2D eigenvalue weighted by Gasteiger charge is -2.13. The van der Waals surface area contributed by atoms with Crippen LogP contribution in [0.4, 0.5) is 0 Å². The van der Waals surface area contributed by atoms with Gasteiger partial charge >= 0.3 is 0 Å². The topological polar surface area (TPSA) is 27.7 Å². The van der Waals surface area contributed by atoms with Gasteiger partial charge in [-0.1, -0.05) is 18.4 Å². The monoisotopic (exact) mass is 338 g/mol. The Morgan fingerprint density at radius 2 is 1.75 bits per heavy atom. The maximum atomic E-state index is 5.55. The summed E-state index contributed by atoms with van der Waals surface area (Å²) in [5.41, 5.74) is 5.79. The molecular formula is C20H18O3S. The van der Waals surface area contributed by atoms with Crippen LogP contribution in [0.15, 0.2) is 54.1 Å². The molecule has 24 heavy (non-hydrogen) atoms. The van der Waals surface area contributed by atoms with E-state index in [4.69, 9.17) is 14.2 Å². The van der Waals surface area contributed by atoms with E-state index in [2.05, 4.69) is 29.8 Å². The van der Waals surface area contributed by atoms with E-state index in [0.717, 1.165) is 33.6 Å². The Kier molecular flexibility index (Phi) is 4.61. The third-order valence-electron chi connectivity index (χ3n) is 3.90. The summed E-state index contributed by atoms with van der Waals surface area (Å²) in [5.74, 6) is 2.19. The predicted molar refractivity (Wildman–Crippen MR) is 99.9 cm³/mol. The number of benzene rings is 2. The first kappa shape index (κ1) is 16.2. The summed E-state index contributed by atoms with van der Waals surface area (Å²) in [6.45, 7) is 3.69. The minimum atomic E-state index is 0.626. The highest BCUT2D eigenvalue weighted by atomic mass is 32.1. The van der Waals surface area contributed by atoms with Crippen LogP contribution in [0.1, 0.15) is 5.56 Å². The van der Waals surface area contributed by atoms with E-state index in [0.29, 0.717) is 5.76 Å². The molecule has 0 spiro atoms. The standard InChI is InChI=1S/C20H18O3S/c1-5-16(21-2)13-9-10-19-14(11-13)15(12-24-19)20-17(22-3)7-6-8-18(20)23-4/h6-12H,1H2,2-4H3. The summed E-state index contributed by atoms with van der Waals surface area (Å²) in [7, 11) is 4.96. The van der Waals surface area contributed by atoms with Gasteiger partial charge in [0.2, 0.25) is 0 Å². The van der Waals surface area contributed by atoms with Crippen molar-refractivity contribution >= 4 is 27.2 Å². The predicted octanol–water partition coefficient (Wildman–Crippen LogP) is 5.36. The molecule has 0 atom stereocenters. The van der Waals surface area contributed by atoms with Gasteiger partial charge in [-0.05, 0) is 30.3 Å². The van der Waals surface area contributed by atoms with Crippen LogP contribution in [0.5, 0.6) is 11.5 Å². The summed E-state index contributed by atoms with van der Waals surface area (Å²) >= 11 is 1.69. The molecular weight excluding hydrogens is 320 g/mol. The van der Waals surface area contributed by atoms with Gasteiger partial charge in [0.15, 0.2) is 5.76 Å². The van der Waals surface area contributed by atoms with Crippen LogP contribution in [-0.4, -0.2) is 21.3 Å². The zero-order chi connectivity index (χ0) is 17.1. The van der Waals surface area contributed by atoms with Crippen LogP contribution >= 0.6 is 11.3 Å². The van der Waals surface area contributed by atoms with Gasteiger partial charge in [0.25, 0.3) is 0 Å². The third kappa shape index (κ3) is 2.67. The lowest BCUT2D eigenvalue weighted by Crippen LogP contribution is -1.92. The minimum Gasteiger partial charge on any atom is -0.496 e. The SMILES string of the molecule is C=C=C(OC)c1ccc2scc(-c3c(OC)cccc3OC)c2c1. The Morgan fingerprint density at radius 1 is 1.04 bits per heavy atom. The van der Waals surface area contributed by atoms with Crippen molar-refractivity contribution in [2.75, 3.05) is 21.3 Å². The van der Waals surface area contributed by atoms with Gasteiger partial charge in [-0.2, -0.15) is 0 Å². The van der Waals surface area contributed by atoms with Crippen LogP contribution in [0.3, 0.4) is 0 Å². The van der Waals surface area contributed by atoms with Crippen molar-refractivity contribution in [3.63, 3.8) is 0 Å². The van der Waals surface area contributed by atoms with E-state index in [1.807, 2.05) is 24.3 Å². The van der Waals surface area contributed by atoms with Crippen molar-refractivity contribution in [1.82, 2.24) is 0 Å². The average molecular weight is 338 g/mol. The fourth-order valence-corrected chi connectivity index (χ4v) is 3.70. The van der Waals surface area contributed by atoms with E-state index in [-0.39, 0.29) is 0 Å². The summed E-state index contributed by atoms with van der Waals surface area (Å²) in [4.78, 5) is 0. The molecule has 0 saturated heterocycles. The van der Waals surface area contributed by atoms with E-state index in [1.54, 1.807) is 32.7 Å². The fourth-order valence-electron chi connectivity index (χ4n) is 2.77. The van der Waals surface area contributed by atoms with Crippen LogP contribution < -0.4 is 9.47 Å². The first-order chi connectivity index (χ1) is 11.7. The van der Waals surface area contributed by atoms with Gasteiger partial charge in [-0.3, -0.25) is 0 Å². The Labute approximate surface area is 145 Å². The smallest absolute Gasteiger partial charge is 0.168 e. The molecule has 4 heteroatoms. The quantitative estimate of drug-likeness (QED) is 0.463. The molecule has 0 aliphatic carbocycles. The Bertz CT molecular complexity index is 911. The number of hydrogen-bond acceptors (Lipinski definition) is 4. The number of thiophene rings is 1. The van der Waals surface area contributed by atoms with Crippen molar-refractivity contribution in [1.29, 1.82) is 0 Å². The highest BCUT2D eigenvalue weighted by Crippen LogP contribution is 2.44. The molecule has 0 aliphatic rings.